The molecule has 108 valence electrons. The van der Waals surface area contributed by atoms with Crippen molar-refractivity contribution in [2.75, 3.05) is 5.43 Å². The molecule has 1 aromatic rings. The highest BCUT2D eigenvalue weighted by Crippen LogP contribution is 2.37. The highest BCUT2D eigenvalue weighted by atomic mass is 79.9. The van der Waals surface area contributed by atoms with Crippen LogP contribution in [0, 0.1) is 32.8 Å². The average Bonchev–Trinajstić information content (AvgIpc) is 2.39. The van der Waals surface area contributed by atoms with E-state index >= 15 is 0 Å². The zero-order chi connectivity index (χ0) is 16.2. The molecule has 0 radical (unpaired) electrons. The molecule has 0 aliphatic heterocycles. The molecule has 0 bridgehead atoms. The number of nitro groups is 1. The molecule has 0 unspecified atom stereocenters. The van der Waals surface area contributed by atoms with Crippen LogP contribution in [0.2, 0.25) is 0 Å². The first-order valence-electron chi connectivity index (χ1n) is 5.83. The summed E-state index contributed by atoms with van der Waals surface area (Å²) in [6, 6.07) is 6.32. The first-order valence-corrected chi connectivity index (χ1v) is 6.62. The summed E-state index contributed by atoms with van der Waals surface area (Å²) in [6.07, 6.45) is 0. The molecule has 0 saturated carbocycles. The van der Waals surface area contributed by atoms with Gasteiger partial charge in [0.15, 0.2) is 0 Å². The highest BCUT2D eigenvalue weighted by Gasteiger charge is 2.23. The Morgan fingerprint density at radius 2 is 1.95 bits per heavy atom. The molecule has 0 atom stereocenters. The largest absolute Gasteiger partial charge is 0.295 e. The Morgan fingerprint density at radius 3 is 2.38 bits per heavy atom. The Kier molecular flexibility index (Phi) is 5.01. The smallest absolute Gasteiger partial charge is 0.269 e. The van der Waals surface area contributed by atoms with E-state index in [1.165, 1.54) is 6.07 Å². The van der Waals surface area contributed by atoms with Crippen LogP contribution in [0.5, 0.6) is 0 Å². The third kappa shape index (κ3) is 4.01. The first-order chi connectivity index (χ1) is 9.70. The number of anilines is 1. The number of hydrazone groups is 1. The summed E-state index contributed by atoms with van der Waals surface area (Å²) < 4.78 is 0.431. The second kappa shape index (κ2) is 6.33. The minimum atomic E-state index is -0.545. The van der Waals surface area contributed by atoms with Crippen molar-refractivity contribution in [1.29, 1.82) is 10.5 Å². The van der Waals surface area contributed by atoms with Crippen molar-refractivity contribution >= 4 is 33.0 Å². The lowest BCUT2D eigenvalue weighted by molar-refractivity contribution is -0.384. The molecule has 0 aromatic heterocycles. The fourth-order valence-corrected chi connectivity index (χ4v) is 2.01. The minimum absolute atomic E-state index is 0.0935. The molecule has 8 heteroatoms. The zero-order valence-corrected chi connectivity index (χ0v) is 13.2. The number of hydrogen-bond donors (Lipinski definition) is 1. The number of nitro benzene ring substituents is 1. The molecular formula is C13H12BrN5O2. The van der Waals surface area contributed by atoms with Gasteiger partial charge in [-0.05, 0) is 33.0 Å². The SMILES string of the molecule is CC(C)(C)c1cc(Br)c(NN=C(C#N)C#N)c([N+](=O)[O-])c1. The third-order valence-corrected chi connectivity index (χ3v) is 3.25. The maximum Gasteiger partial charge on any atom is 0.295 e. The lowest BCUT2D eigenvalue weighted by atomic mass is 9.86. The Morgan fingerprint density at radius 1 is 1.38 bits per heavy atom. The van der Waals surface area contributed by atoms with Gasteiger partial charge in [-0.25, -0.2) is 0 Å². The standard InChI is InChI=1S/C13H12BrN5O2/c1-13(2,3)8-4-10(14)12(11(5-8)19(20)21)18-17-9(6-15)7-16/h4-5,18H,1-3H3. The molecule has 0 saturated heterocycles. The summed E-state index contributed by atoms with van der Waals surface area (Å²) in [4.78, 5) is 10.7. The average molecular weight is 350 g/mol. The van der Waals surface area contributed by atoms with E-state index < -0.39 is 10.6 Å². The molecule has 21 heavy (non-hydrogen) atoms. The Hall–Kier alpha value is -2.45. The van der Waals surface area contributed by atoms with E-state index in [0.717, 1.165) is 5.56 Å². The predicted octanol–water partition coefficient (Wildman–Crippen LogP) is 3.47. The van der Waals surface area contributed by atoms with Crippen LogP contribution < -0.4 is 5.43 Å². The summed E-state index contributed by atoms with van der Waals surface area (Å²) in [7, 11) is 0. The molecule has 0 aliphatic carbocycles. The number of halogens is 1. The first kappa shape index (κ1) is 16.6. The fourth-order valence-electron chi connectivity index (χ4n) is 1.47. The molecule has 7 nitrogen and oxygen atoms in total. The van der Waals surface area contributed by atoms with Crippen LogP contribution in [0.1, 0.15) is 26.3 Å². The number of nitrogens with one attached hydrogen (secondary N) is 1. The van der Waals surface area contributed by atoms with Gasteiger partial charge in [0.2, 0.25) is 5.71 Å². The van der Waals surface area contributed by atoms with E-state index in [-0.39, 0.29) is 16.8 Å². The Bertz CT molecular complexity index is 676. The topological polar surface area (TPSA) is 115 Å². The van der Waals surface area contributed by atoms with E-state index in [1.54, 1.807) is 18.2 Å². The molecule has 0 fully saturated rings. The van der Waals surface area contributed by atoms with Crippen LogP contribution in [0.25, 0.3) is 0 Å². The molecule has 1 N–H and O–H groups in total. The molecule has 0 heterocycles. The van der Waals surface area contributed by atoms with Crippen molar-refractivity contribution in [3.8, 4) is 12.1 Å². The van der Waals surface area contributed by atoms with Gasteiger partial charge in [0.05, 0.1) is 4.92 Å². The number of nitrogens with zero attached hydrogens (tertiary/aromatic N) is 4. The van der Waals surface area contributed by atoms with E-state index in [9.17, 15) is 10.1 Å². The van der Waals surface area contributed by atoms with Crippen molar-refractivity contribution in [1.82, 2.24) is 0 Å². The van der Waals surface area contributed by atoms with Gasteiger partial charge in [-0.3, -0.25) is 15.5 Å². The lowest BCUT2D eigenvalue weighted by Crippen LogP contribution is -2.12. The number of nitriles is 2. The summed E-state index contributed by atoms with van der Waals surface area (Å²) in [5.74, 6) is 0. The van der Waals surface area contributed by atoms with E-state index in [1.807, 2.05) is 20.8 Å². The van der Waals surface area contributed by atoms with E-state index in [4.69, 9.17) is 10.5 Å². The van der Waals surface area contributed by atoms with Crippen LogP contribution in [0.15, 0.2) is 21.7 Å². The van der Waals surface area contributed by atoms with Gasteiger partial charge < -0.3 is 0 Å². The number of rotatable bonds is 3. The molecule has 1 aromatic carbocycles. The predicted molar refractivity (Wildman–Crippen MR) is 81.8 cm³/mol. The monoisotopic (exact) mass is 349 g/mol. The van der Waals surface area contributed by atoms with Gasteiger partial charge in [0.25, 0.3) is 5.69 Å². The summed E-state index contributed by atoms with van der Waals surface area (Å²) >= 11 is 3.25. The molecule has 0 amide bonds. The maximum atomic E-state index is 11.2. The van der Waals surface area contributed by atoms with Crippen LogP contribution >= 0.6 is 15.9 Å². The van der Waals surface area contributed by atoms with Crippen LogP contribution in [0.4, 0.5) is 11.4 Å². The van der Waals surface area contributed by atoms with Crippen LogP contribution in [-0.2, 0) is 5.41 Å². The van der Waals surface area contributed by atoms with Crippen LogP contribution in [0.3, 0.4) is 0 Å². The Balaban J connectivity index is 3.41. The molecule has 0 spiro atoms. The van der Waals surface area contributed by atoms with Gasteiger partial charge >= 0.3 is 0 Å². The highest BCUT2D eigenvalue weighted by molar-refractivity contribution is 9.10. The Labute approximate surface area is 130 Å². The van der Waals surface area contributed by atoms with Crippen LogP contribution in [-0.4, -0.2) is 10.6 Å². The van der Waals surface area contributed by atoms with E-state index in [2.05, 4.69) is 26.5 Å². The molecular weight excluding hydrogens is 338 g/mol. The second-order valence-corrected chi connectivity index (χ2v) is 6.01. The molecule has 1 rings (SSSR count). The van der Waals surface area contributed by atoms with Gasteiger partial charge in [-0.1, -0.05) is 20.8 Å². The summed E-state index contributed by atoms with van der Waals surface area (Å²) in [6.45, 7) is 5.81. The van der Waals surface area contributed by atoms with Crippen molar-refractivity contribution in [2.24, 2.45) is 5.10 Å². The van der Waals surface area contributed by atoms with Crippen molar-refractivity contribution in [2.45, 2.75) is 26.2 Å². The normalized spacial score (nSPS) is 10.2. The van der Waals surface area contributed by atoms with Crippen molar-refractivity contribution in [3.05, 3.63) is 32.3 Å². The maximum absolute atomic E-state index is 11.2. The van der Waals surface area contributed by atoms with Gasteiger partial charge in [-0.15, -0.1) is 0 Å². The van der Waals surface area contributed by atoms with Crippen molar-refractivity contribution < 1.29 is 4.92 Å². The number of hydrogen-bond acceptors (Lipinski definition) is 6. The summed E-state index contributed by atoms with van der Waals surface area (Å²) in [5.41, 5.74) is 2.39. The van der Waals surface area contributed by atoms with Gasteiger partial charge in [0.1, 0.15) is 17.8 Å². The molecule has 0 aliphatic rings. The third-order valence-electron chi connectivity index (χ3n) is 2.62. The van der Waals surface area contributed by atoms with Crippen molar-refractivity contribution in [3.63, 3.8) is 0 Å². The second-order valence-electron chi connectivity index (χ2n) is 5.16. The van der Waals surface area contributed by atoms with Gasteiger partial charge in [0, 0.05) is 10.5 Å². The van der Waals surface area contributed by atoms with Gasteiger partial charge in [-0.2, -0.15) is 15.6 Å². The number of benzene rings is 1. The van der Waals surface area contributed by atoms with E-state index in [0.29, 0.717) is 4.47 Å². The zero-order valence-electron chi connectivity index (χ0n) is 11.6. The fraction of sp³-hybridized carbons (Fsp3) is 0.308. The quantitative estimate of drug-likeness (QED) is 0.509. The summed E-state index contributed by atoms with van der Waals surface area (Å²) in [5, 5.41) is 32.0. The minimum Gasteiger partial charge on any atom is -0.269 e. The lowest BCUT2D eigenvalue weighted by Gasteiger charge is -2.20.